The van der Waals surface area contributed by atoms with Crippen LogP contribution in [-0.4, -0.2) is 31.4 Å². The van der Waals surface area contributed by atoms with Crippen molar-refractivity contribution < 1.29 is 22.8 Å². The summed E-state index contributed by atoms with van der Waals surface area (Å²) in [5.41, 5.74) is 0.253. The molecule has 0 aliphatic carbocycles. The minimum Gasteiger partial charge on any atom is -0.370 e. The quantitative estimate of drug-likeness (QED) is 0.686. The zero-order valence-corrected chi connectivity index (χ0v) is 16.3. The summed E-state index contributed by atoms with van der Waals surface area (Å²) in [5.74, 6) is -0.799. The van der Waals surface area contributed by atoms with Gasteiger partial charge in [0.25, 0.3) is 5.91 Å². The molecule has 0 aliphatic rings. The van der Waals surface area contributed by atoms with E-state index in [4.69, 9.17) is 0 Å². The van der Waals surface area contributed by atoms with Gasteiger partial charge in [0.2, 0.25) is 5.91 Å². The minimum absolute atomic E-state index is 0.0630. The van der Waals surface area contributed by atoms with Crippen molar-refractivity contribution in [3.05, 3.63) is 59.7 Å². The molecular formula is C21H24F3N3O2. The lowest BCUT2D eigenvalue weighted by Gasteiger charge is -2.25. The third-order valence-corrected chi connectivity index (χ3v) is 4.38. The van der Waals surface area contributed by atoms with Crippen LogP contribution in [0.5, 0.6) is 0 Å². The van der Waals surface area contributed by atoms with Gasteiger partial charge in [0.05, 0.1) is 16.9 Å². The van der Waals surface area contributed by atoms with Gasteiger partial charge in [-0.25, -0.2) is 0 Å². The summed E-state index contributed by atoms with van der Waals surface area (Å²) in [6, 6.07) is 11.8. The van der Waals surface area contributed by atoms with Gasteiger partial charge < -0.3 is 15.5 Å². The summed E-state index contributed by atoms with van der Waals surface area (Å²) >= 11 is 0. The highest BCUT2D eigenvalue weighted by Gasteiger charge is 2.31. The molecule has 8 heteroatoms. The van der Waals surface area contributed by atoms with Gasteiger partial charge in [-0.1, -0.05) is 18.2 Å². The second-order valence-corrected chi connectivity index (χ2v) is 6.32. The average molecular weight is 407 g/mol. The van der Waals surface area contributed by atoms with Crippen LogP contribution in [0.1, 0.15) is 36.2 Å². The van der Waals surface area contributed by atoms with E-state index in [0.29, 0.717) is 24.3 Å². The van der Waals surface area contributed by atoms with Crippen molar-refractivity contribution in [2.24, 2.45) is 0 Å². The molecule has 2 N–H and O–H groups in total. The highest BCUT2D eigenvalue weighted by atomic mass is 19.4. The molecule has 156 valence electrons. The Hall–Kier alpha value is -3.03. The fraction of sp³-hybridized carbons (Fsp3) is 0.333. The van der Waals surface area contributed by atoms with Crippen molar-refractivity contribution in [3.8, 4) is 0 Å². The normalized spacial score (nSPS) is 11.1. The molecule has 0 saturated heterocycles. The van der Waals surface area contributed by atoms with Crippen LogP contribution >= 0.6 is 0 Å². The lowest BCUT2D eigenvalue weighted by Crippen LogP contribution is -2.28. The number of anilines is 2. The van der Waals surface area contributed by atoms with Gasteiger partial charge in [0.15, 0.2) is 0 Å². The van der Waals surface area contributed by atoms with Crippen molar-refractivity contribution >= 4 is 23.2 Å². The summed E-state index contributed by atoms with van der Waals surface area (Å²) in [6.07, 6.45) is -4.57. The Balaban J connectivity index is 2.06. The number of carbonyl (C=O) groups is 2. The Bertz CT molecular complexity index is 835. The molecule has 0 unspecified atom stereocenters. The van der Waals surface area contributed by atoms with Gasteiger partial charge in [-0.3, -0.25) is 9.59 Å². The fourth-order valence-corrected chi connectivity index (χ4v) is 2.85. The number of alkyl halides is 3. The summed E-state index contributed by atoms with van der Waals surface area (Å²) < 4.78 is 39.2. The van der Waals surface area contributed by atoms with Crippen LogP contribution < -0.4 is 15.5 Å². The topological polar surface area (TPSA) is 61.4 Å². The largest absolute Gasteiger partial charge is 0.416 e. The highest BCUT2D eigenvalue weighted by molar-refractivity contribution is 5.96. The molecule has 0 bridgehead atoms. The molecule has 2 aromatic rings. The fourth-order valence-electron chi connectivity index (χ4n) is 2.85. The van der Waals surface area contributed by atoms with Crippen molar-refractivity contribution in [1.82, 2.24) is 5.32 Å². The first kappa shape index (κ1) is 22.3. The van der Waals surface area contributed by atoms with E-state index in [1.165, 1.54) is 6.07 Å². The molecule has 29 heavy (non-hydrogen) atoms. The summed E-state index contributed by atoms with van der Waals surface area (Å²) in [4.78, 5) is 26.1. The van der Waals surface area contributed by atoms with Crippen LogP contribution in [0.2, 0.25) is 0 Å². The number of rotatable bonds is 8. The summed E-state index contributed by atoms with van der Waals surface area (Å²) in [5, 5.41) is 5.17. The second-order valence-electron chi connectivity index (χ2n) is 6.32. The van der Waals surface area contributed by atoms with Crippen LogP contribution in [0, 0.1) is 0 Å². The number of nitrogens with one attached hydrogen (secondary N) is 2. The van der Waals surface area contributed by atoms with Crippen molar-refractivity contribution in [2.75, 3.05) is 29.9 Å². The molecule has 0 aromatic heterocycles. The van der Waals surface area contributed by atoms with E-state index in [-0.39, 0.29) is 24.6 Å². The maximum Gasteiger partial charge on any atom is 0.416 e. The number of amides is 2. The Morgan fingerprint density at radius 3 is 2.24 bits per heavy atom. The zero-order chi connectivity index (χ0) is 21.4. The van der Waals surface area contributed by atoms with E-state index >= 15 is 0 Å². The predicted molar refractivity (Wildman–Crippen MR) is 107 cm³/mol. The number of nitrogens with zero attached hydrogens (tertiary/aromatic N) is 1. The number of benzene rings is 2. The van der Waals surface area contributed by atoms with E-state index < -0.39 is 17.6 Å². The van der Waals surface area contributed by atoms with E-state index in [1.54, 1.807) is 30.3 Å². The van der Waals surface area contributed by atoms with Gasteiger partial charge in [-0.15, -0.1) is 0 Å². The monoisotopic (exact) mass is 407 g/mol. The van der Waals surface area contributed by atoms with Gasteiger partial charge >= 0.3 is 6.18 Å². The standard InChI is InChI=1S/C21H24F3N3O2/c1-3-27(4-2)18-11-10-16(21(22,23)24)14-17(18)26-19(28)12-13-25-20(29)15-8-6-5-7-9-15/h5-11,14H,3-4,12-13H2,1-2H3,(H,25,29)(H,26,28). The molecule has 5 nitrogen and oxygen atoms in total. The van der Waals surface area contributed by atoms with Crippen LogP contribution in [0.3, 0.4) is 0 Å². The molecule has 2 amide bonds. The minimum atomic E-state index is -4.51. The first-order valence-electron chi connectivity index (χ1n) is 9.35. The van der Waals surface area contributed by atoms with E-state index in [1.807, 2.05) is 18.7 Å². The van der Waals surface area contributed by atoms with Crippen LogP contribution in [0.25, 0.3) is 0 Å². The van der Waals surface area contributed by atoms with Crippen LogP contribution in [-0.2, 0) is 11.0 Å². The number of halogens is 3. The van der Waals surface area contributed by atoms with E-state index in [0.717, 1.165) is 12.1 Å². The maximum absolute atomic E-state index is 13.1. The lowest BCUT2D eigenvalue weighted by molar-refractivity contribution is -0.137. The van der Waals surface area contributed by atoms with E-state index in [2.05, 4.69) is 10.6 Å². The van der Waals surface area contributed by atoms with Crippen LogP contribution in [0.4, 0.5) is 24.5 Å². The molecule has 0 fully saturated rings. The molecule has 2 aromatic carbocycles. The summed E-state index contributed by atoms with van der Waals surface area (Å²) in [6.45, 7) is 4.99. The maximum atomic E-state index is 13.1. The number of carbonyl (C=O) groups excluding carboxylic acids is 2. The van der Waals surface area contributed by atoms with Crippen LogP contribution in [0.15, 0.2) is 48.5 Å². The third-order valence-electron chi connectivity index (χ3n) is 4.38. The number of hydrogen-bond acceptors (Lipinski definition) is 3. The summed E-state index contributed by atoms with van der Waals surface area (Å²) in [7, 11) is 0. The Kier molecular flexibility index (Phi) is 7.64. The Morgan fingerprint density at radius 1 is 1.00 bits per heavy atom. The Morgan fingerprint density at radius 2 is 1.66 bits per heavy atom. The van der Waals surface area contributed by atoms with Gasteiger partial charge in [0, 0.05) is 31.6 Å². The average Bonchev–Trinajstić information content (AvgIpc) is 2.69. The van der Waals surface area contributed by atoms with Crippen molar-refractivity contribution in [3.63, 3.8) is 0 Å². The second kappa shape index (κ2) is 9.95. The lowest BCUT2D eigenvalue weighted by atomic mass is 10.1. The number of hydrogen-bond donors (Lipinski definition) is 2. The molecule has 2 rings (SSSR count). The molecule has 0 atom stereocenters. The highest BCUT2D eigenvalue weighted by Crippen LogP contribution is 2.35. The predicted octanol–water partition coefficient (Wildman–Crippen LogP) is 4.31. The molecule has 0 radical (unpaired) electrons. The van der Waals surface area contributed by atoms with Gasteiger partial charge in [-0.05, 0) is 44.2 Å². The first-order valence-corrected chi connectivity index (χ1v) is 9.35. The molecule has 0 heterocycles. The molecule has 0 spiro atoms. The van der Waals surface area contributed by atoms with Gasteiger partial charge in [-0.2, -0.15) is 13.2 Å². The molecular weight excluding hydrogens is 383 g/mol. The zero-order valence-electron chi connectivity index (χ0n) is 16.3. The Labute approximate surface area is 167 Å². The van der Waals surface area contributed by atoms with Crippen molar-refractivity contribution in [2.45, 2.75) is 26.4 Å². The molecule has 0 saturated carbocycles. The smallest absolute Gasteiger partial charge is 0.370 e. The SMILES string of the molecule is CCN(CC)c1ccc(C(F)(F)F)cc1NC(=O)CCNC(=O)c1ccccc1. The van der Waals surface area contributed by atoms with Crippen molar-refractivity contribution in [1.29, 1.82) is 0 Å². The molecule has 0 aliphatic heterocycles. The third kappa shape index (κ3) is 6.23. The van der Waals surface area contributed by atoms with E-state index in [9.17, 15) is 22.8 Å². The first-order chi connectivity index (χ1) is 13.8. The van der Waals surface area contributed by atoms with Gasteiger partial charge in [0.1, 0.15) is 0 Å².